The lowest BCUT2D eigenvalue weighted by molar-refractivity contribution is -0.136. The summed E-state index contributed by atoms with van der Waals surface area (Å²) in [5, 5.41) is 9.62. The summed E-state index contributed by atoms with van der Waals surface area (Å²) in [5.74, 6) is 0.0178. The van der Waals surface area contributed by atoms with Crippen LogP contribution in [-0.2, 0) is 17.8 Å². The summed E-state index contributed by atoms with van der Waals surface area (Å²) in [7, 11) is 0. The number of rotatable bonds is 5. The molecule has 0 unspecified atom stereocenters. The first-order valence-electron chi connectivity index (χ1n) is 7.55. The molecule has 0 amide bonds. The molecule has 0 spiro atoms. The van der Waals surface area contributed by atoms with E-state index in [1.165, 1.54) is 0 Å². The van der Waals surface area contributed by atoms with Gasteiger partial charge in [0.05, 0.1) is 17.5 Å². The number of aliphatic carboxylic acids is 1. The number of aryl methyl sites for hydroxylation is 1. The Bertz CT molecular complexity index is 871. The van der Waals surface area contributed by atoms with E-state index >= 15 is 0 Å². The maximum Gasteiger partial charge on any atom is 0.307 e. The Hall–Kier alpha value is -2.33. The predicted octanol–water partition coefficient (Wildman–Crippen LogP) is 4.39. The van der Waals surface area contributed by atoms with Crippen molar-refractivity contribution in [3.05, 3.63) is 53.1 Å². The second-order valence-electron chi connectivity index (χ2n) is 5.49. The number of carboxylic acid groups (broad SMARTS) is 1. The molecule has 0 atom stereocenters. The van der Waals surface area contributed by atoms with Crippen LogP contribution in [0.3, 0.4) is 0 Å². The van der Waals surface area contributed by atoms with Crippen molar-refractivity contribution in [2.24, 2.45) is 0 Å². The zero-order valence-electron chi connectivity index (χ0n) is 12.8. The summed E-state index contributed by atoms with van der Waals surface area (Å²) in [4.78, 5) is 15.6. The molecule has 0 saturated heterocycles. The van der Waals surface area contributed by atoms with E-state index in [0.717, 1.165) is 41.0 Å². The van der Waals surface area contributed by atoms with Gasteiger partial charge in [0, 0.05) is 17.1 Å². The van der Waals surface area contributed by atoms with Crippen LogP contribution in [0.4, 0.5) is 0 Å². The molecule has 0 aliphatic heterocycles. The van der Waals surface area contributed by atoms with Gasteiger partial charge in [0.2, 0.25) is 0 Å². The first-order valence-corrected chi connectivity index (χ1v) is 7.93. The number of nitrogens with zero attached hydrogens (tertiary/aromatic N) is 2. The molecule has 2 aromatic carbocycles. The van der Waals surface area contributed by atoms with Crippen LogP contribution in [0, 0.1) is 0 Å². The van der Waals surface area contributed by atoms with Crippen LogP contribution in [0.15, 0.2) is 42.5 Å². The highest BCUT2D eigenvalue weighted by molar-refractivity contribution is 6.30. The highest BCUT2D eigenvalue weighted by Gasteiger charge is 2.13. The smallest absolute Gasteiger partial charge is 0.307 e. The Balaban J connectivity index is 2.16. The lowest BCUT2D eigenvalue weighted by Gasteiger charge is -2.08. The number of hydrogen-bond donors (Lipinski definition) is 1. The minimum Gasteiger partial charge on any atom is -0.481 e. The fraction of sp³-hybridized carbons (Fsp3) is 0.222. The van der Waals surface area contributed by atoms with Crippen LogP contribution in [0.1, 0.15) is 18.9 Å². The van der Waals surface area contributed by atoms with Crippen molar-refractivity contribution < 1.29 is 9.90 Å². The number of halogens is 1. The molecule has 23 heavy (non-hydrogen) atoms. The molecule has 1 N–H and O–H groups in total. The zero-order valence-corrected chi connectivity index (χ0v) is 13.5. The normalized spacial score (nSPS) is 11.0. The van der Waals surface area contributed by atoms with E-state index in [1.807, 2.05) is 42.5 Å². The Morgan fingerprint density at radius 3 is 2.78 bits per heavy atom. The maximum atomic E-state index is 10.9. The number of carbonyl (C=O) groups is 1. The number of carboxylic acids is 1. The van der Waals surface area contributed by atoms with Crippen molar-refractivity contribution in [1.29, 1.82) is 0 Å². The summed E-state index contributed by atoms with van der Waals surface area (Å²) in [6.07, 6.45) is 0.985. The molecule has 1 heterocycles. The molecular weight excluding hydrogens is 312 g/mol. The number of imidazole rings is 1. The number of aromatic nitrogens is 2. The van der Waals surface area contributed by atoms with Gasteiger partial charge >= 0.3 is 5.97 Å². The summed E-state index contributed by atoms with van der Waals surface area (Å²) in [5.41, 5.74) is 3.54. The molecule has 0 radical (unpaired) electrons. The van der Waals surface area contributed by atoms with Crippen LogP contribution in [0.2, 0.25) is 5.02 Å². The van der Waals surface area contributed by atoms with E-state index in [-0.39, 0.29) is 6.42 Å². The third-order valence-electron chi connectivity index (χ3n) is 3.70. The molecular formula is C18H17ClN2O2. The average molecular weight is 329 g/mol. The van der Waals surface area contributed by atoms with E-state index in [2.05, 4.69) is 11.5 Å². The van der Waals surface area contributed by atoms with Crippen LogP contribution in [0.25, 0.3) is 22.4 Å². The Morgan fingerprint density at radius 2 is 2.09 bits per heavy atom. The van der Waals surface area contributed by atoms with Gasteiger partial charge in [0.15, 0.2) is 0 Å². The molecule has 0 fully saturated rings. The van der Waals surface area contributed by atoms with Crippen molar-refractivity contribution in [3.8, 4) is 11.4 Å². The summed E-state index contributed by atoms with van der Waals surface area (Å²) in [6.45, 7) is 2.96. The van der Waals surface area contributed by atoms with Gasteiger partial charge in [-0.1, -0.05) is 36.7 Å². The molecule has 5 heteroatoms. The fourth-order valence-corrected chi connectivity index (χ4v) is 2.95. The first kappa shape index (κ1) is 15.6. The van der Waals surface area contributed by atoms with Crippen LogP contribution in [-0.4, -0.2) is 20.6 Å². The van der Waals surface area contributed by atoms with Crippen molar-refractivity contribution in [2.75, 3.05) is 0 Å². The average Bonchev–Trinajstić information content (AvgIpc) is 2.85. The van der Waals surface area contributed by atoms with Gasteiger partial charge in [-0.15, -0.1) is 0 Å². The molecule has 1 aromatic heterocycles. The van der Waals surface area contributed by atoms with E-state index in [9.17, 15) is 4.79 Å². The SMILES string of the molecule is CCCn1c(-c2cccc(Cl)c2)nc2cc(CC(=O)O)ccc21. The van der Waals surface area contributed by atoms with Crippen LogP contribution in [0.5, 0.6) is 0 Å². The molecule has 0 saturated carbocycles. The first-order chi connectivity index (χ1) is 11.1. The molecule has 0 bridgehead atoms. The lowest BCUT2D eigenvalue weighted by atomic mass is 10.1. The number of benzene rings is 2. The van der Waals surface area contributed by atoms with Crippen LogP contribution < -0.4 is 0 Å². The highest BCUT2D eigenvalue weighted by Crippen LogP contribution is 2.27. The van der Waals surface area contributed by atoms with E-state index in [0.29, 0.717) is 5.02 Å². The van der Waals surface area contributed by atoms with E-state index in [1.54, 1.807) is 0 Å². The Labute approximate surface area is 139 Å². The number of hydrogen-bond acceptors (Lipinski definition) is 2. The van der Waals surface area contributed by atoms with E-state index < -0.39 is 5.97 Å². The quantitative estimate of drug-likeness (QED) is 0.755. The molecule has 118 valence electrons. The summed E-state index contributed by atoms with van der Waals surface area (Å²) < 4.78 is 2.16. The zero-order chi connectivity index (χ0) is 16.4. The summed E-state index contributed by atoms with van der Waals surface area (Å²) >= 11 is 6.10. The monoisotopic (exact) mass is 328 g/mol. The second-order valence-corrected chi connectivity index (χ2v) is 5.93. The predicted molar refractivity (Wildman–Crippen MR) is 91.8 cm³/mol. The third kappa shape index (κ3) is 3.22. The Morgan fingerprint density at radius 1 is 1.26 bits per heavy atom. The number of fused-ring (bicyclic) bond motifs is 1. The standard InChI is InChI=1S/C18H17ClN2O2/c1-2-8-21-16-7-6-12(10-17(22)23)9-15(16)20-18(21)13-4-3-5-14(19)11-13/h3-7,9,11H,2,8,10H2,1H3,(H,22,23). The van der Waals surface area contributed by atoms with Crippen molar-refractivity contribution in [1.82, 2.24) is 9.55 Å². The van der Waals surface area contributed by atoms with Crippen molar-refractivity contribution >= 4 is 28.6 Å². The van der Waals surface area contributed by atoms with Crippen LogP contribution >= 0.6 is 11.6 Å². The Kier molecular flexibility index (Phi) is 4.35. The van der Waals surface area contributed by atoms with Gasteiger partial charge in [-0.2, -0.15) is 0 Å². The minimum atomic E-state index is -0.840. The van der Waals surface area contributed by atoms with Gasteiger partial charge in [0.1, 0.15) is 5.82 Å². The lowest BCUT2D eigenvalue weighted by Crippen LogP contribution is -2.01. The van der Waals surface area contributed by atoms with Gasteiger partial charge in [0.25, 0.3) is 0 Å². The van der Waals surface area contributed by atoms with Gasteiger partial charge in [-0.25, -0.2) is 4.98 Å². The van der Waals surface area contributed by atoms with Gasteiger partial charge < -0.3 is 9.67 Å². The molecule has 4 nitrogen and oxygen atoms in total. The highest BCUT2D eigenvalue weighted by atomic mass is 35.5. The summed E-state index contributed by atoms with van der Waals surface area (Å²) in [6, 6.07) is 13.3. The van der Waals surface area contributed by atoms with Gasteiger partial charge in [-0.3, -0.25) is 4.79 Å². The maximum absolute atomic E-state index is 10.9. The van der Waals surface area contributed by atoms with E-state index in [4.69, 9.17) is 21.7 Å². The fourth-order valence-electron chi connectivity index (χ4n) is 2.76. The molecule has 0 aliphatic carbocycles. The van der Waals surface area contributed by atoms with Crippen molar-refractivity contribution in [3.63, 3.8) is 0 Å². The third-order valence-corrected chi connectivity index (χ3v) is 3.93. The minimum absolute atomic E-state index is 0.00305. The van der Waals surface area contributed by atoms with Gasteiger partial charge in [-0.05, 0) is 36.2 Å². The molecule has 3 rings (SSSR count). The largest absolute Gasteiger partial charge is 0.481 e. The topological polar surface area (TPSA) is 55.1 Å². The molecule has 3 aromatic rings. The second kappa shape index (κ2) is 6.42. The van der Waals surface area contributed by atoms with Crippen molar-refractivity contribution in [2.45, 2.75) is 26.3 Å². The molecule has 0 aliphatic rings.